The van der Waals surface area contributed by atoms with E-state index >= 15 is 0 Å². The number of benzene rings is 1. The Labute approximate surface area is 106 Å². The van der Waals surface area contributed by atoms with Gasteiger partial charge in [-0.3, -0.25) is 5.84 Å². The molecular formula is C13H15ClN2O. The van der Waals surface area contributed by atoms with Crippen molar-refractivity contribution in [3.05, 3.63) is 58.5 Å². The average molecular weight is 251 g/mol. The highest BCUT2D eigenvalue weighted by Crippen LogP contribution is 2.27. The predicted octanol–water partition coefficient (Wildman–Crippen LogP) is 3.05. The zero-order chi connectivity index (χ0) is 12.3. The van der Waals surface area contributed by atoms with Crippen molar-refractivity contribution in [2.75, 3.05) is 0 Å². The number of nitrogens with one attached hydrogen (secondary N) is 1. The molecule has 90 valence electrons. The van der Waals surface area contributed by atoms with E-state index in [1.165, 1.54) is 0 Å². The predicted molar refractivity (Wildman–Crippen MR) is 68.7 cm³/mol. The number of hydrazine groups is 1. The molecule has 0 fully saturated rings. The van der Waals surface area contributed by atoms with E-state index in [1.807, 2.05) is 37.3 Å². The van der Waals surface area contributed by atoms with Gasteiger partial charge in [0.05, 0.1) is 12.3 Å². The van der Waals surface area contributed by atoms with Gasteiger partial charge < -0.3 is 4.42 Å². The van der Waals surface area contributed by atoms with E-state index in [-0.39, 0.29) is 6.04 Å². The first kappa shape index (κ1) is 12.2. The number of hydrogen-bond acceptors (Lipinski definition) is 3. The number of hydrogen-bond donors (Lipinski definition) is 2. The van der Waals surface area contributed by atoms with E-state index in [4.69, 9.17) is 21.9 Å². The standard InChI is InChI=1S/C13H15ClN2O/c1-2-12-11(6-7-17-12)13(16-15)9-4-3-5-10(14)8-9/h3-8,13,16H,2,15H2,1H3. The molecule has 0 spiro atoms. The van der Waals surface area contributed by atoms with Crippen molar-refractivity contribution in [3.8, 4) is 0 Å². The summed E-state index contributed by atoms with van der Waals surface area (Å²) in [5.41, 5.74) is 4.88. The summed E-state index contributed by atoms with van der Waals surface area (Å²) in [6.45, 7) is 2.05. The molecule has 0 aliphatic carbocycles. The van der Waals surface area contributed by atoms with Crippen LogP contribution in [-0.2, 0) is 6.42 Å². The fourth-order valence-electron chi connectivity index (χ4n) is 1.95. The molecule has 0 aliphatic rings. The summed E-state index contributed by atoms with van der Waals surface area (Å²) < 4.78 is 5.42. The van der Waals surface area contributed by atoms with Gasteiger partial charge in [-0.15, -0.1) is 0 Å². The molecule has 2 rings (SSSR count). The minimum atomic E-state index is -0.0950. The molecular weight excluding hydrogens is 236 g/mol. The van der Waals surface area contributed by atoms with E-state index in [2.05, 4.69) is 5.43 Å². The van der Waals surface area contributed by atoms with E-state index in [0.717, 1.165) is 23.3 Å². The summed E-state index contributed by atoms with van der Waals surface area (Å²) in [7, 11) is 0. The molecule has 1 atom stereocenters. The third-order valence-electron chi connectivity index (χ3n) is 2.76. The first-order valence-electron chi connectivity index (χ1n) is 5.54. The van der Waals surface area contributed by atoms with Crippen molar-refractivity contribution >= 4 is 11.6 Å². The highest BCUT2D eigenvalue weighted by Gasteiger charge is 2.17. The second-order valence-electron chi connectivity index (χ2n) is 3.81. The molecule has 3 nitrogen and oxygen atoms in total. The molecule has 1 aromatic heterocycles. The number of rotatable bonds is 4. The third kappa shape index (κ3) is 2.52. The third-order valence-corrected chi connectivity index (χ3v) is 3.00. The minimum absolute atomic E-state index is 0.0950. The van der Waals surface area contributed by atoms with Gasteiger partial charge >= 0.3 is 0 Å². The Bertz CT molecular complexity index is 496. The van der Waals surface area contributed by atoms with Gasteiger partial charge in [0.15, 0.2) is 0 Å². The first-order chi connectivity index (χ1) is 8.26. The highest BCUT2D eigenvalue weighted by atomic mass is 35.5. The maximum absolute atomic E-state index is 5.99. The van der Waals surface area contributed by atoms with Crippen LogP contribution >= 0.6 is 11.6 Å². The molecule has 0 bridgehead atoms. The van der Waals surface area contributed by atoms with Gasteiger partial charge in [-0.25, -0.2) is 5.43 Å². The van der Waals surface area contributed by atoms with Crippen molar-refractivity contribution in [3.63, 3.8) is 0 Å². The van der Waals surface area contributed by atoms with E-state index in [0.29, 0.717) is 5.02 Å². The quantitative estimate of drug-likeness (QED) is 0.648. The smallest absolute Gasteiger partial charge is 0.108 e. The Kier molecular flexibility index (Phi) is 3.84. The van der Waals surface area contributed by atoms with E-state index in [1.54, 1.807) is 6.26 Å². The lowest BCUT2D eigenvalue weighted by atomic mass is 9.99. The van der Waals surface area contributed by atoms with Crippen molar-refractivity contribution in [1.29, 1.82) is 0 Å². The lowest BCUT2D eigenvalue weighted by Gasteiger charge is -2.16. The zero-order valence-corrected chi connectivity index (χ0v) is 10.4. The van der Waals surface area contributed by atoms with Crippen LogP contribution < -0.4 is 11.3 Å². The Morgan fingerprint density at radius 3 is 2.88 bits per heavy atom. The number of aryl methyl sites for hydroxylation is 1. The van der Waals surface area contributed by atoms with Crippen LogP contribution in [0.5, 0.6) is 0 Å². The minimum Gasteiger partial charge on any atom is -0.469 e. The van der Waals surface area contributed by atoms with Crippen LogP contribution in [0.3, 0.4) is 0 Å². The average Bonchev–Trinajstić information content (AvgIpc) is 2.78. The lowest BCUT2D eigenvalue weighted by molar-refractivity contribution is 0.502. The van der Waals surface area contributed by atoms with Gasteiger partial charge in [0.25, 0.3) is 0 Å². The molecule has 0 radical (unpaired) electrons. The molecule has 17 heavy (non-hydrogen) atoms. The molecule has 0 aliphatic heterocycles. The van der Waals surface area contributed by atoms with Crippen LogP contribution in [0.15, 0.2) is 41.0 Å². The number of furan rings is 1. The maximum atomic E-state index is 5.99. The normalized spacial score (nSPS) is 12.6. The topological polar surface area (TPSA) is 51.2 Å². The molecule has 2 aromatic rings. The van der Waals surface area contributed by atoms with Gasteiger partial charge in [0.2, 0.25) is 0 Å². The van der Waals surface area contributed by atoms with Crippen molar-refractivity contribution in [2.45, 2.75) is 19.4 Å². The van der Waals surface area contributed by atoms with Crippen LogP contribution in [0.25, 0.3) is 0 Å². The van der Waals surface area contributed by atoms with E-state index < -0.39 is 0 Å². The summed E-state index contributed by atoms with van der Waals surface area (Å²) in [6, 6.07) is 9.48. The van der Waals surface area contributed by atoms with Crippen molar-refractivity contribution in [1.82, 2.24) is 5.43 Å². The molecule has 1 heterocycles. The summed E-state index contributed by atoms with van der Waals surface area (Å²) in [5.74, 6) is 6.57. The van der Waals surface area contributed by atoms with Crippen molar-refractivity contribution < 1.29 is 4.42 Å². The summed E-state index contributed by atoms with van der Waals surface area (Å²) in [5, 5.41) is 0.698. The molecule has 1 unspecified atom stereocenters. The molecule has 0 saturated heterocycles. The second kappa shape index (κ2) is 5.36. The number of halogens is 1. The van der Waals surface area contributed by atoms with Gasteiger partial charge in [0, 0.05) is 17.0 Å². The monoisotopic (exact) mass is 250 g/mol. The molecule has 0 amide bonds. The van der Waals surface area contributed by atoms with E-state index in [9.17, 15) is 0 Å². The fourth-order valence-corrected chi connectivity index (χ4v) is 2.15. The van der Waals surface area contributed by atoms with Crippen molar-refractivity contribution in [2.24, 2.45) is 5.84 Å². The van der Waals surface area contributed by atoms with Crippen LogP contribution in [0.2, 0.25) is 5.02 Å². The molecule has 3 N–H and O–H groups in total. The summed E-state index contributed by atoms with van der Waals surface area (Å²) in [6.07, 6.45) is 2.52. The zero-order valence-electron chi connectivity index (χ0n) is 9.61. The molecule has 4 heteroatoms. The Hall–Kier alpha value is -1.29. The van der Waals surface area contributed by atoms with Crippen LogP contribution in [0.4, 0.5) is 0 Å². The summed E-state index contributed by atoms with van der Waals surface area (Å²) >= 11 is 5.99. The SMILES string of the molecule is CCc1occc1C(NN)c1cccc(Cl)c1. The molecule has 1 aromatic carbocycles. The lowest BCUT2D eigenvalue weighted by Crippen LogP contribution is -2.29. The Balaban J connectivity index is 2.40. The largest absolute Gasteiger partial charge is 0.469 e. The fraction of sp³-hybridized carbons (Fsp3) is 0.231. The number of nitrogens with two attached hydrogens (primary N) is 1. The summed E-state index contributed by atoms with van der Waals surface area (Å²) in [4.78, 5) is 0. The van der Waals surface area contributed by atoms with Gasteiger partial charge in [-0.05, 0) is 23.8 Å². The second-order valence-corrected chi connectivity index (χ2v) is 4.24. The van der Waals surface area contributed by atoms with Gasteiger partial charge in [-0.1, -0.05) is 30.7 Å². The molecule has 0 saturated carbocycles. The van der Waals surface area contributed by atoms with Crippen LogP contribution in [0, 0.1) is 0 Å². The maximum Gasteiger partial charge on any atom is 0.108 e. The first-order valence-corrected chi connectivity index (χ1v) is 5.92. The highest BCUT2D eigenvalue weighted by molar-refractivity contribution is 6.30. The Morgan fingerprint density at radius 1 is 1.41 bits per heavy atom. The van der Waals surface area contributed by atoms with Crippen LogP contribution in [0.1, 0.15) is 29.9 Å². The van der Waals surface area contributed by atoms with Gasteiger partial charge in [0.1, 0.15) is 5.76 Å². The van der Waals surface area contributed by atoms with Crippen LogP contribution in [-0.4, -0.2) is 0 Å². The Morgan fingerprint density at radius 2 is 2.24 bits per heavy atom. The van der Waals surface area contributed by atoms with Gasteiger partial charge in [-0.2, -0.15) is 0 Å².